The Hall–Kier alpha value is -2.39. The minimum atomic E-state index is -1.14. The lowest BCUT2D eigenvalue weighted by atomic mass is 10.1. The molecule has 0 heterocycles. The summed E-state index contributed by atoms with van der Waals surface area (Å²) in [6.45, 7) is -0.120. The molecule has 0 aromatic heterocycles. The molecule has 0 radical (unpaired) electrons. The molecule has 2 N–H and O–H groups in total. The summed E-state index contributed by atoms with van der Waals surface area (Å²) in [6.07, 6.45) is -1.08. The highest BCUT2D eigenvalue weighted by Crippen LogP contribution is 2.03. The van der Waals surface area contributed by atoms with Crippen molar-refractivity contribution in [3.63, 3.8) is 0 Å². The van der Waals surface area contributed by atoms with Gasteiger partial charge in [-0.1, -0.05) is 0 Å². The third-order valence-corrected chi connectivity index (χ3v) is 2.28. The van der Waals surface area contributed by atoms with E-state index in [0.29, 0.717) is 11.1 Å². The van der Waals surface area contributed by atoms with Gasteiger partial charge in [-0.25, -0.2) is 4.79 Å². The van der Waals surface area contributed by atoms with Gasteiger partial charge in [-0.05, 0) is 24.3 Å². The summed E-state index contributed by atoms with van der Waals surface area (Å²) in [7, 11) is 1.26. The number of nitrogens with one attached hydrogen (secondary N) is 1. The van der Waals surface area contributed by atoms with E-state index in [1.54, 1.807) is 0 Å². The number of hydrogen-bond donors (Lipinski definition) is 2. The van der Waals surface area contributed by atoms with Crippen LogP contribution in [0.1, 0.15) is 15.9 Å². The number of amides is 1. The molecule has 18 heavy (non-hydrogen) atoms. The zero-order valence-electron chi connectivity index (χ0n) is 9.71. The average Bonchev–Trinajstić information content (AvgIpc) is 2.39. The molecule has 1 aromatic carbocycles. The van der Waals surface area contributed by atoms with Crippen molar-refractivity contribution in [1.82, 2.24) is 5.32 Å². The van der Waals surface area contributed by atoms with Gasteiger partial charge in [0, 0.05) is 12.7 Å². The highest BCUT2D eigenvalue weighted by Gasteiger charge is 2.17. The van der Waals surface area contributed by atoms with Gasteiger partial charge in [-0.2, -0.15) is 5.26 Å². The number of ether oxygens (including phenoxy) is 1. The molecule has 0 bridgehead atoms. The first-order valence-corrected chi connectivity index (χ1v) is 5.12. The molecule has 1 amide bonds. The first kappa shape index (κ1) is 13.7. The highest BCUT2D eigenvalue weighted by molar-refractivity contribution is 5.94. The van der Waals surface area contributed by atoms with Crippen LogP contribution < -0.4 is 5.32 Å². The molecule has 0 aliphatic heterocycles. The fourth-order valence-corrected chi connectivity index (χ4v) is 1.26. The number of hydrogen-bond acceptors (Lipinski definition) is 4. The van der Waals surface area contributed by atoms with E-state index in [4.69, 9.17) is 10.4 Å². The Morgan fingerprint density at radius 3 is 2.50 bits per heavy atom. The molecule has 6 heteroatoms. The molecular formula is C12H12N2O4. The number of aliphatic carboxylic acids is 1. The lowest BCUT2D eigenvalue weighted by Gasteiger charge is -2.11. The molecule has 0 spiro atoms. The van der Waals surface area contributed by atoms with Crippen LogP contribution in [-0.4, -0.2) is 36.7 Å². The lowest BCUT2D eigenvalue weighted by Crippen LogP contribution is -2.37. The molecule has 94 valence electrons. The van der Waals surface area contributed by atoms with Gasteiger partial charge < -0.3 is 15.2 Å². The predicted octanol–water partition coefficient (Wildman–Crippen LogP) is 0.388. The summed E-state index contributed by atoms with van der Waals surface area (Å²) in [5.41, 5.74) is 0.807. The number of benzene rings is 1. The van der Waals surface area contributed by atoms with Crippen LogP contribution in [0.3, 0.4) is 0 Å². The standard InChI is InChI=1S/C12H12N2O4/c1-18-10(12(16)17)7-14-11(15)9-4-2-8(6-13)3-5-9/h2-5,10H,7H2,1H3,(H,14,15)(H,16,17). The predicted molar refractivity (Wildman–Crippen MR) is 61.9 cm³/mol. The van der Waals surface area contributed by atoms with Crippen LogP contribution in [0.5, 0.6) is 0 Å². The Kier molecular flexibility index (Phi) is 4.84. The molecule has 0 aliphatic carbocycles. The van der Waals surface area contributed by atoms with Gasteiger partial charge in [0.25, 0.3) is 5.91 Å². The number of carboxylic acid groups (broad SMARTS) is 1. The number of carboxylic acids is 1. The normalized spacial score (nSPS) is 11.3. The summed E-state index contributed by atoms with van der Waals surface area (Å²) < 4.78 is 4.68. The van der Waals surface area contributed by atoms with Crippen molar-refractivity contribution in [2.24, 2.45) is 0 Å². The van der Waals surface area contributed by atoms with E-state index in [9.17, 15) is 9.59 Å². The maximum Gasteiger partial charge on any atom is 0.334 e. The summed E-state index contributed by atoms with van der Waals surface area (Å²) in [5, 5.41) is 19.8. The molecule has 1 aromatic rings. The van der Waals surface area contributed by atoms with E-state index in [-0.39, 0.29) is 6.54 Å². The summed E-state index contributed by atoms with van der Waals surface area (Å²) >= 11 is 0. The number of nitrogens with zero attached hydrogens (tertiary/aromatic N) is 1. The number of carbonyl (C=O) groups excluding carboxylic acids is 1. The molecular weight excluding hydrogens is 236 g/mol. The van der Waals surface area contributed by atoms with Crippen LogP contribution in [0.25, 0.3) is 0 Å². The van der Waals surface area contributed by atoms with Gasteiger partial charge in [0.05, 0.1) is 18.2 Å². The zero-order valence-corrected chi connectivity index (χ0v) is 9.71. The topological polar surface area (TPSA) is 99.4 Å². The summed E-state index contributed by atoms with van der Waals surface area (Å²) in [6, 6.07) is 7.96. The smallest absolute Gasteiger partial charge is 0.334 e. The SMILES string of the molecule is COC(CNC(=O)c1ccc(C#N)cc1)C(=O)O. The van der Waals surface area contributed by atoms with Crippen molar-refractivity contribution >= 4 is 11.9 Å². The highest BCUT2D eigenvalue weighted by atomic mass is 16.5. The summed E-state index contributed by atoms with van der Waals surface area (Å²) in [4.78, 5) is 22.3. The Morgan fingerprint density at radius 2 is 2.06 bits per heavy atom. The Bertz CT molecular complexity index is 476. The van der Waals surface area contributed by atoms with Crippen molar-refractivity contribution in [2.75, 3.05) is 13.7 Å². The first-order valence-electron chi connectivity index (χ1n) is 5.12. The number of methoxy groups -OCH3 is 1. The third kappa shape index (κ3) is 3.57. The molecule has 1 atom stereocenters. The van der Waals surface area contributed by atoms with E-state index in [1.165, 1.54) is 31.4 Å². The van der Waals surface area contributed by atoms with Gasteiger partial charge in [0.15, 0.2) is 6.10 Å². The van der Waals surface area contributed by atoms with Crippen LogP contribution >= 0.6 is 0 Å². The van der Waals surface area contributed by atoms with Gasteiger partial charge in [-0.3, -0.25) is 4.79 Å². The van der Waals surface area contributed by atoms with E-state index in [1.807, 2.05) is 6.07 Å². The Morgan fingerprint density at radius 1 is 1.44 bits per heavy atom. The van der Waals surface area contributed by atoms with Gasteiger partial charge in [-0.15, -0.1) is 0 Å². The maximum atomic E-state index is 11.6. The second-order valence-corrected chi connectivity index (χ2v) is 3.46. The van der Waals surface area contributed by atoms with Crippen LogP contribution in [0.2, 0.25) is 0 Å². The average molecular weight is 248 g/mol. The van der Waals surface area contributed by atoms with Crippen LogP contribution in [0.4, 0.5) is 0 Å². The maximum absolute atomic E-state index is 11.6. The fraction of sp³-hybridized carbons (Fsp3) is 0.250. The second-order valence-electron chi connectivity index (χ2n) is 3.46. The lowest BCUT2D eigenvalue weighted by molar-refractivity contribution is -0.148. The van der Waals surface area contributed by atoms with E-state index in [0.717, 1.165) is 0 Å². The molecule has 1 rings (SSSR count). The van der Waals surface area contributed by atoms with Crippen LogP contribution in [0.15, 0.2) is 24.3 Å². The zero-order chi connectivity index (χ0) is 13.5. The molecule has 0 fully saturated rings. The molecule has 6 nitrogen and oxygen atoms in total. The minimum Gasteiger partial charge on any atom is -0.479 e. The Balaban J connectivity index is 2.60. The minimum absolute atomic E-state index is 0.120. The van der Waals surface area contributed by atoms with E-state index < -0.39 is 18.0 Å². The van der Waals surface area contributed by atoms with Crippen molar-refractivity contribution < 1.29 is 19.4 Å². The molecule has 1 unspecified atom stereocenters. The first-order chi connectivity index (χ1) is 8.58. The summed E-state index contributed by atoms with van der Waals surface area (Å²) in [5.74, 6) is -1.56. The monoisotopic (exact) mass is 248 g/mol. The molecule has 0 aliphatic rings. The van der Waals surface area contributed by atoms with Crippen molar-refractivity contribution in [2.45, 2.75) is 6.10 Å². The fourth-order valence-electron chi connectivity index (χ4n) is 1.26. The van der Waals surface area contributed by atoms with Crippen LogP contribution in [0, 0.1) is 11.3 Å². The molecule has 0 saturated carbocycles. The Labute approximate surface area is 104 Å². The van der Waals surface area contributed by atoms with Crippen LogP contribution in [-0.2, 0) is 9.53 Å². The largest absolute Gasteiger partial charge is 0.479 e. The number of nitriles is 1. The number of rotatable bonds is 5. The third-order valence-electron chi connectivity index (χ3n) is 2.28. The van der Waals surface area contributed by atoms with Gasteiger partial charge in [0.2, 0.25) is 0 Å². The van der Waals surface area contributed by atoms with Crippen molar-refractivity contribution in [3.05, 3.63) is 35.4 Å². The van der Waals surface area contributed by atoms with E-state index in [2.05, 4.69) is 10.1 Å². The van der Waals surface area contributed by atoms with Gasteiger partial charge in [0.1, 0.15) is 0 Å². The van der Waals surface area contributed by atoms with Gasteiger partial charge >= 0.3 is 5.97 Å². The van der Waals surface area contributed by atoms with Crippen molar-refractivity contribution in [1.29, 1.82) is 5.26 Å². The molecule has 0 saturated heterocycles. The van der Waals surface area contributed by atoms with Crippen molar-refractivity contribution in [3.8, 4) is 6.07 Å². The quantitative estimate of drug-likeness (QED) is 0.785. The van der Waals surface area contributed by atoms with E-state index >= 15 is 0 Å². The number of carbonyl (C=O) groups is 2. The second kappa shape index (κ2) is 6.37.